The first-order valence-corrected chi connectivity index (χ1v) is 3.14. The van der Waals surface area contributed by atoms with Gasteiger partial charge in [-0.05, 0) is 22.9 Å². The summed E-state index contributed by atoms with van der Waals surface area (Å²) in [5.74, 6) is 0. The summed E-state index contributed by atoms with van der Waals surface area (Å²) in [5.41, 5.74) is 0. The Balaban J connectivity index is 3.99. The second-order valence-corrected chi connectivity index (χ2v) is 2.36. The molecule has 0 N–H and O–H groups in total. The van der Waals surface area contributed by atoms with E-state index in [9.17, 15) is 8.76 Å². The maximum atomic E-state index is 9.97. The number of hydrogen-bond donors (Lipinski definition) is 0. The SMILES string of the molecule is C=CC=C(C)S(=O)[O-]. The zero-order valence-electron chi connectivity index (χ0n) is 4.59. The Morgan fingerprint density at radius 2 is 2.38 bits per heavy atom. The summed E-state index contributed by atoms with van der Waals surface area (Å²) in [6.07, 6.45) is 2.87. The van der Waals surface area contributed by atoms with E-state index >= 15 is 0 Å². The van der Waals surface area contributed by atoms with E-state index in [-0.39, 0.29) is 0 Å². The molecule has 8 heavy (non-hydrogen) atoms. The van der Waals surface area contributed by atoms with E-state index in [1.165, 1.54) is 19.1 Å². The molecule has 1 atom stereocenters. The van der Waals surface area contributed by atoms with Gasteiger partial charge in [-0.1, -0.05) is 18.7 Å². The lowest BCUT2D eigenvalue weighted by Crippen LogP contribution is -1.85. The highest BCUT2D eigenvalue weighted by Crippen LogP contribution is 1.94. The van der Waals surface area contributed by atoms with Crippen LogP contribution in [0.3, 0.4) is 0 Å². The van der Waals surface area contributed by atoms with Crippen molar-refractivity contribution in [3.05, 3.63) is 23.6 Å². The van der Waals surface area contributed by atoms with E-state index in [1.807, 2.05) is 0 Å². The van der Waals surface area contributed by atoms with E-state index in [2.05, 4.69) is 6.58 Å². The smallest absolute Gasteiger partial charge is 0.000727 e. The first-order chi connectivity index (χ1) is 3.68. The second kappa shape index (κ2) is 3.57. The van der Waals surface area contributed by atoms with Gasteiger partial charge in [0.15, 0.2) is 0 Å². The summed E-state index contributed by atoms with van der Waals surface area (Å²) in [6, 6.07) is 0. The van der Waals surface area contributed by atoms with Crippen LogP contribution < -0.4 is 0 Å². The summed E-state index contributed by atoms with van der Waals surface area (Å²) in [4.78, 5) is 0.306. The van der Waals surface area contributed by atoms with Crippen LogP contribution in [0, 0.1) is 0 Å². The molecule has 0 radical (unpaired) electrons. The molecule has 0 bridgehead atoms. The fourth-order valence-electron chi connectivity index (χ4n) is 0.222. The minimum absolute atomic E-state index is 0.306. The van der Waals surface area contributed by atoms with E-state index in [4.69, 9.17) is 0 Å². The summed E-state index contributed by atoms with van der Waals surface area (Å²) >= 11 is -2.07. The van der Waals surface area contributed by atoms with Gasteiger partial charge in [0.05, 0.1) is 0 Å². The first kappa shape index (κ1) is 7.59. The minimum Gasteiger partial charge on any atom is -0.769 e. The Bertz CT molecular complexity index is 137. The van der Waals surface area contributed by atoms with Crippen molar-refractivity contribution >= 4 is 11.1 Å². The molecule has 0 rings (SSSR count). The molecule has 3 heteroatoms. The second-order valence-electron chi connectivity index (χ2n) is 1.25. The van der Waals surface area contributed by atoms with Crippen molar-refractivity contribution < 1.29 is 8.76 Å². The summed E-state index contributed by atoms with van der Waals surface area (Å²) in [6.45, 7) is 4.84. The van der Waals surface area contributed by atoms with E-state index in [0.717, 1.165) is 0 Å². The quantitative estimate of drug-likeness (QED) is 0.413. The molecule has 0 aromatic carbocycles. The Kier molecular flexibility index (Phi) is 3.39. The standard InChI is InChI=1S/C5H8O2S/c1-3-4-5(2)8(6)7/h3-4H,1H2,2H3,(H,6,7)/p-1. The van der Waals surface area contributed by atoms with Crippen molar-refractivity contribution in [2.24, 2.45) is 0 Å². The van der Waals surface area contributed by atoms with Crippen LogP contribution in [-0.2, 0) is 11.1 Å². The van der Waals surface area contributed by atoms with Crippen LogP contribution in [0.2, 0.25) is 0 Å². The van der Waals surface area contributed by atoms with Gasteiger partial charge < -0.3 is 4.55 Å². The molecule has 0 aromatic rings. The van der Waals surface area contributed by atoms with Gasteiger partial charge in [0.25, 0.3) is 0 Å². The first-order valence-electron chi connectivity index (χ1n) is 2.07. The van der Waals surface area contributed by atoms with Gasteiger partial charge in [0, 0.05) is 0 Å². The molecule has 1 unspecified atom stereocenters. The van der Waals surface area contributed by atoms with Crippen LogP contribution in [0.1, 0.15) is 6.92 Å². The van der Waals surface area contributed by atoms with Crippen LogP contribution in [-0.4, -0.2) is 8.76 Å². The molecule has 0 saturated carbocycles. The van der Waals surface area contributed by atoms with Crippen molar-refractivity contribution in [3.63, 3.8) is 0 Å². The topological polar surface area (TPSA) is 40.1 Å². The molecule has 0 fully saturated rings. The molecular formula is C5H7O2S-. The molecule has 0 aliphatic heterocycles. The molecule has 46 valence electrons. The van der Waals surface area contributed by atoms with Gasteiger partial charge in [-0.3, -0.25) is 4.21 Å². The number of rotatable bonds is 2. The lowest BCUT2D eigenvalue weighted by atomic mass is 10.5. The summed E-state index contributed by atoms with van der Waals surface area (Å²) < 4.78 is 19.9. The highest BCUT2D eigenvalue weighted by Gasteiger charge is 1.80. The largest absolute Gasteiger partial charge is 0.769 e. The third-order valence-electron chi connectivity index (χ3n) is 0.615. The Morgan fingerprint density at radius 1 is 1.88 bits per heavy atom. The lowest BCUT2D eigenvalue weighted by molar-refractivity contribution is 0.543. The molecule has 0 aliphatic rings. The fourth-order valence-corrected chi connectivity index (χ4v) is 0.429. The predicted octanol–water partition coefficient (Wildman–Crippen LogP) is 0.955. The van der Waals surface area contributed by atoms with Crippen molar-refractivity contribution in [1.82, 2.24) is 0 Å². The monoisotopic (exact) mass is 131 g/mol. The maximum Gasteiger partial charge on any atom is -0.000727 e. The van der Waals surface area contributed by atoms with Gasteiger partial charge >= 0.3 is 0 Å². The highest BCUT2D eigenvalue weighted by atomic mass is 32.2. The van der Waals surface area contributed by atoms with E-state index in [0.29, 0.717) is 4.91 Å². The number of hydrogen-bond acceptors (Lipinski definition) is 2. The molecule has 0 heterocycles. The minimum atomic E-state index is -2.07. The number of allylic oxidation sites excluding steroid dienone is 3. The zero-order valence-corrected chi connectivity index (χ0v) is 5.40. The fraction of sp³-hybridized carbons (Fsp3) is 0.200. The van der Waals surface area contributed by atoms with Crippen molar-refractivity contribution in [3.8, 4) is 0 Å². The normalized spacial score (nSPS) is 15.5. The van der Waals surface area contributed by atoms with E-state index in [1.54, 1.807) is 0 Å². The van der Waals surface area contributed by atoms with Gasteiger partial charge in [-0.2, -0.15) is 0 Å². The van der Waals surface area contributed by atoms with Crippen molar-refractivity contribution in [1.29, 1.82) is 0 Å². The zero-order chi connectivity index (χ0) is 6.57. The molecule has 2 nitrogen and oxygen atoms in total. The van der Waals surface area contributed by atoms with Crippen LogP contribution in [0.15, 0.2) is 23.6 Å². The Hall–Kier alpha value is -0.410. The van der Waals surface area contributed by atoms with E-state index < -0.39 is 11.1 Å². The molecule has 0 amide bonds. The summed E-state index contributed by atoms with van der Waals surface area (Å²) in [5, 5.41) is 0. The Labute approximate surface area is 51.2 Å². The molecule has 0 saturated heterocycles. The van der Waals surface area contributed by atoms with Crippen molar-refractivity contribution in [2.75, 3.05) is 0 Å². The Morgan fingerprint density at radius 3 is 2.50 bits per heavy atom. The van der Waals surface area contributed by atoms with Crippen LogP contribution >= 0.6 is 0 Å². The maximum absolute atomic E-state index is 9.97. The average molecular weight is 131 g/mol. The van der Waals surface area contributed by atoms with Crippen LogP contribution in [0.5, 0.6) is 0 Å². The molecular weight excluding hydrogens is 124 g/mol. The van der Waals surface area contributed by atoms with Gasteiger partial charge in [0.2, 0.25) is 0 Å². The third-order valence-corrected chi connectivity index (χ3v) is 1.28. The average Bonchev–Trinajstić information content (AvgIpc) is 1.67. The molecule has 0 aliphatic carbocycles. The lowest BCUT2D eigenvalue weighted by Gasteiger charge is -2.01. The van der Waals surface area contributed by atoms with Gasteiger partial charge in [-0.25, -0.2) is 0 Å². The van der Waals surface area contributed by atoms with Gasteiger partial charge in [0.1, 0.15) is 0 Å². The van der Waals surface area contributed by atoms with Gasteiger partial charge in [-0.15, -0.1) is 0 Å². The van der Waals surface area contributed by atoms with Crippen molar-refractivity contribution in [2.45, 2.75) is 6.92 Å². The predicted molar refractivity (Wildman–Crippen MR) is 32.9 cm³/mol. The van der Waals surface area contributed by atoms with Crippen LogP contribution in [0.25, 0.3) is 0 Å². The molecule has 0 spiro atoms. The third kappa shape index (κ3) is 2.71. The molecule has 0 aromatic heterocycles. The highest BCUT2D eigenvalue weighted by molar-refractivity contribution is 7.83. The van der Waals surface area contributed by atoms with Crippen LogP contribution in [0.4, 0.5) is 0 Å². The summed E-state index contributed by atoms with van der Waals surface area (Å²) in [7, 11) is 0.